The van der Waals surface area contributed by atoms with Gasteiger partial charge in [0.25, 0.3) is 0 Å². The molecule has 0 unspecified atom stereocenters. The summed E-state index contributed by atoms with van der Waals surface area (Å²) in [6, 6.07) is 17.6. The van der Waals surface area contributed by atoms with Crippen LogP contribution in [0.3, 0.4) is 0 Å². The van der Waals surface area contributed by atoms with Gasteiger partial charge in [0.15, 0.2) is 0 Å². The second-order valence-electron chi connectivity index (χ2n) is 5.81. The molecule has 0 aliphatic heterocycles. The maximum atomic E-state index is 12.1. The van der Waals surface area contributed by atoms with Crippen molar-refractivity contribution in [2.75, 3.05) is 0 Å². The normalized spacial score (nSPS) is 10.9. The number of esters is 1. The molecule has 0 radical (unpaired) electrons. The molecule has 1 N–H and O–H groups in total. The van der Waals surface area contributed by atoms with E-state index in [9.17, 15) is 4.79 Å². The van der Waals surface area contributed by atoms with E-state index in [2.05, 4.69) is 10.1 Å². The van der Waals surface area contributed by atoms with Crippen LogP contribution in [0.25, 0.3) is 16.6 Å². The Labute approximate surface area is 144 Å². The summed E-state index contributed by atoms with van der Waals surface area (Å²) in [5.74, 6) is -0.235. The van der Waals surface area contributed by atoms with Gasteiger partial charge in [0.2, 0.25) is 0 Å². The van der Waals surface area contributed by atoms with Gasteiger partial charge in [-0.3, -0.25) is 4.79 Å². The van der Waals surface area contributed by atoms with Crippen LogP contribution in [0.1, 0.15) is 11.1 Å². The zero-order valence-corrected chi connectivity index (χ0v) is 13.6. The lowest BCUT2D eigenvalue weighted by molar-refractivity contribution is -0.144. The molecular weight excluding hydrogens is 314 g/mol. The second-order valence-corrected chi connectivity index (χ2v) is 5.81. The lowest BCUT2D eigenvalue weighted by atomic mass is 10.1. The van der Waals surface area contributed by atoms with Crippen LogP contribution in [-0.2, 0) is 22.6 Å². The first-order valence-corrected chi connectivity index (χ1v) is 8.09. The number of nitrogens with zero attached hydrogens (tertiary/aromatic N) is 2. The molecule has 0 bridgehead atoms. The number of H-pyrrole nitrogens is 1. The van der Waals surface area contributed by atoms with Crippen molar-refractivity contribution in [2.45, 2.75) is 13.0 Å². The molecule has 124 valence electrons. The number of aromatic nitrogens is 3. The summed E-state index contributed by atoms with van der Waals surface area (Å²) in [4.78, 5) is 15.3. The van der Waals surface area contributed by atoms with Gasteiger partial charge in [-0.2, -0.15) is 5.10 Å². The van der Waals surface area contributed by atoms with Crippen LogP contribution < -0.4 is 0 Å². The van der Waals surface area contributed by atoms with Crippen molar-refractivity contribution in [2.24, 2.45) is 0 Å². The van der Waals surface area contributed by atoms with Crippen molar-refractivity contribution in [3.63, 3.8) is 0 Å². The third kappa shape index (κ3) is 3.30. The molecule has 5 heteroatoms. The number of aromatic amines is 1. The minimum absolute atomic E-state index is 0.235. The quantitative estimate of drug-likeness (QED) is 0.568. The fourth-order valence-corrected chi connectivity index (χ4v) is 2.81. The minimum Gasteiger partial charge on any atom is -0.461 e. The van der Waals surface area contributed by atoms with Gasteiger partial charge in [-0.05, 0) is 35.4 Å². The van der Waals surface area contributed by atoms with E-state index in [-0.39, 0.29) is 19.0 Å². The Bertz CT molecular complexity index is 985. The number of carbonyl (C=O) groups is 1. The number of carbonyl (C=O) groups excluding carboxylic acids is 1. The van der Waals surface area contributed by atoms with Gasteiger partial charge >= 0.3 is 5.97 Å². The lowest BCUT2D eigenvalue weighted by Gasteiger charge is -2.06. The largest absolute Gasteiger partial charge is 0.461 e. The molecule has 0 spiro atoms. The summed E-state index contributed by atoms with van der Waals surface area (Å²) in [6.07, 6.45) is 5.75. The third-order valence-corrected chi connectivity index (χ3v) is 4.11. The molecule has 0 amide bonds. The fourth-order valence-electron chi connectivity index (χ4n) is 2.81. The van der Waals surface area contributed by atoms with Crippen molar-refractivity contribution >= 4 is 16.9 Å². The Hall–Kier alpha value is -3.34. The average Bonchev–Trinajstić information content (AvgIpc) is 3.31. The molecule has 25 heavy (non-hydrogen) atoms. The highest BCUT2D eigenvalue weighted by molar-refractivity contribution is 5.87. The standard InChI is InChI=1S/C20H17N3O2/c24-20(12-16-13-21-19-5-2-1-4-18(16)19)25-14-15-6-8-17(9-7-15)23-11-3-10-22-23/h1-11,13,21H,12,14H2. The van der Waals surface area contributed by atoms with Crippen molar-refractivity contribution in [1.29, 1.82) is 0 Å². The smallest absolute Gasteiger partial charge is 0.310 e. The molecule has 0 saturated carbocycles. The summed E-state index contributed by atoms with van der Waals surface area (Å²) >= 11 is 0. The van der Waals surface area contributed by atoms with Crippen molar-refractivity contribution < 1.29 is 9.53 Å². The monoisotopic (exact) mass is 331 g/mol. The van der Waals surface area contributed by atoms with E-state index in [1.807, 2.05) is 67.0 Å². The highest BCUT2D eigenvalue weighted by Crippen LogP contribution is 2.18. The summed E-state index contributed by atoms with van der Waals surface area (Å²) < 4.78 is 7.19. The second kappa shape index (κ2) is 6.65. The number of hydrogen-bond donors (Lipinski definition) is 1. The number of nitrogens with one attached hydrogen (secondary N) is 1. The first-order chi connectivity index (χ1) is 12.3. The molecule has 0 saturated heterocycles. The zero-order chi connectivity index (χ0) is 17.1. The van der Waals surface area contributed by atoms with E-state index in [4.69, 9.17) is 4.74 Å². The van der Waals surface area contributed by atoms with Crippen molar-refractivity contribution in [3.8, 4) is 5.69 Å². The first-order valence-electron chi connectivity index (χ1n) is 8.09. The predicted molar refractivity (Wildman–Crippen MR) is 95.4 cm³/mol. The predicted octanol–water partition coefficient (Wildman–Crippen LogP) is 3.64. The average molecular weight is 331 g/mol. The Morgan fingerprint density at radius 3 is 2.72 bits per heavy atom. The van der Waals surface area contributed by atoms with Gasteiger partial charge in [-0.25, -0.2) is 4.68 Å². The van der Waals surface area contributed by atoms with Gasteiger partial charge < -0.3 is 9.72 Å². The molecule has 2 aromatic heterocycles. The van der Waals surface area contributed by atoms with E-state index < -0.39 is 0 Å². The molecule has 4 aromatic rings. The fraction of sp³-hybridized carbons (Fsp3) is 0.100. The van der Waals surface area contributed by atoms with Gasteiger partial charge in [0, 0.05) is 29.5 Å². The van der Waals surface area contributed by atoms with Crippen LogP contribution in [0, 0.1) is 0 Å². The van der Waals surface area contributed by atoms with Gasteiger partial charge in [0.1, 0.15) is 6.61 Å². The molecular formula is C20H17N3O2. The van der Waals surface area contributed by atoms with Crippen LogP contribution in [0.2, 0.25) is 0 Å². The lowest BCUT2D eigenvalue weighted by Crippen LogP contribution is -2.07. The van der Waals surface area contributed by atoms with Crippen LogP contribution in [-0.4, -0.2) is 20.7 Å². The number of ether oxygens (including phenoxy) is 1. The molecule has 2 aromatic carbocycles. The molecule has 0 aliphatic rings. The highest BCUT2D eigenvalue weighted by atomic mass is 16.5. The summed E-state index contributed by atoms with van der Waals surface area (Å²) in [7, 11) is 0. The summed E-state index contributed by atoms with van der Waals surface area (Å²) in [6.45, 7) is 0.264. The van der Waals surface area contributed by atoms with Gasteiger partial charge in [-0.15, -0.1) is 0 Å². The topological polar surface area (TPSA) is 59.9 Å². The molecule has 0 atom stereocenters. The summed E-state index contributed by atoms with van der Waals surface area (Å²) in [5, 5.41) is 5.24. The molecule has 5 nitrogen and oxygen atoms in total. The van der Waals surface area contributed by atoms with E-state index in [1.165, 1.54) is 0 Å². The SMILES string of the molecule is O=C(Cc1c[nH]c2ccccc12)OCc1ccc(-n2cccn2)cc1. The van der Waals surface area contributed by atoms with E-state index >= 15 is 0 Å². The van der Waals surface area contributed by atoms with Gasteiger partial charge in [0.05, 0.1) is 12.1 Å². The summed E-state index contributed by atoms with van der Waals surface area (Å²) in [5.41, 5.74) is 3.90. The van der Waals surface area contributed by atoms with E-state index in [1.54, 1.807) is 10.9 Å². The molecule has 2 heterocycles. The first kappa shape index (κ1) is 15.2. The van der Waals surface area contributed by atoms with Crippen LogP contribution in [0.5, 0.6) is 0 Å². The van der Waals surface area contributed by atoms with E-state index in [0.29, 0.717) is 0 Å². The van der Waals surface area contributed by atoms with Gasteiger partial charge in [-0.1, -0.05) is 30.3 Å². The maximum absolute atomic E-state index is 12.1. The number of hydrogen-bond acceptors (Lipinski definition) is 3. The minimum atomic E-state index is -0.235. The van der Waals surface area contributed by atoms with Crippen LogP contribution >= 0.6 is 0 Å². The zero-order valence-electron chi connectivity index (χ0n) is 13.6. The number of fused-ring (bicyclic) bond motifs is 1. The van der Waals surface area contributed by atoms with Crippen LogP contribution in [0.4, 0.5) is 0 Å². The Balaban J connectivity index is 1.37. The van der Waals surface area contributed by atoms with E-state index in [0.717, 1.165) is 27.7 Å². The molecule has 4 rings (SSSR count). The number of benzene rings is 2. The number of rotatable bonds is 5. The Morgan fingerprint density at radius 1 is 1.08 bits per heavy atom. The van der Waals surface area contributed by atoms with Crippen LogP contribution in [0.15, 0.2) is 73.2 Å². The molecule has 0 fully saturated rings. The maximum Gasteiger partial charge on any atom is 0.310 e. The van der Waals surface area contributed by atoms with Crippen molar-refractivity contribution in [1.82, 2.24) is 14.8 Å². The number of para-hydroxylation sites is 1. The Morgan fingerprint density at radius 2 is 1.92 bits per heavy atom. The van der Waals surface area contributed by atoms with Crippen molar-refractivity contribution in [3.05, 3.63) is 84.3 Å². The molecule has 0 aliphatic carbocycles. The third-order valence-electron chi connectivity index (χ3n) is 4.11. The Kier molecular flexibility index (Phi) is 4.04. The highest BCUT2D eigenvalue weighted by Gasteiger charge is 2.10.